The van der Waals surface area contributed by atoms with Crippen LogP contribution in [0.2, 0.25) is 0 Å². The van der Waals surface area contributed by atoms with Crippen LogP contribution >= 0.6 is 0 Å². The number of hydrogen-bond donors (Lipinski definition) is 2. The normalized spacial score (nSPS) is 33.1. The Morgan fingerprint density at radius 2 is 1.89 bits per heavy atom. The molecule has 0 aromatic heterocycles. The Labute approximate surface area is 106 Å². The second kappa shape index (κ2) is 5.07. The molecule has 0 radical (unpaired) electrons. The summed E-state index contributed by atoms with van der Waals surface area (Å²) < 4.78 is 5.44. The predicted molar refractivity (Wildman–Crippen MR) is 64.0 cm³/mol. The van der Waals surface area contributed by atoms with Crippen molar-refractivity contribution >= 4 is 11.9 Å². The number of carboxylic acid groups (broad SMARTS) is 1. The number of carbonyl (C=O) groups excluding carboxylic acids is 1. The maximum atomic E-state index is 12.0. The van der Waals surface area contributed by atoms with Crippen molar-refractivity contribution in [3.05, 3.63) is 12.2 Å². The highest BCUT2D eigenvalue weighted by Crippen LogP contribution is 2.39. The molecular weight excluding hydrogens is 236 g/mol. The predicted octanol–water partition coefficient (Wildman–Crippen LogP) is -0.682. The second-order valence-electron chi connectivity index (χ2n) is 4.93. The number of carbonyl (C=O) groups is 2. The van der Waals surface area contributed by atoms with E-state index in [1.807, 2.05) is 19.0 Å². The molecule has 4 unspecified atom stereocenters. The topological polar surface area (TPSA) is 78.9 Å². The number of likely N-dealkylation sites (N-methyl/N-ethyl adjacent to an activating group) is 1. The summed E-state index contributed by atoms with van der Waals surface area (Å²) in [4.78, 5) is 25.2. The van der Waals surface area contributed by atoms with Gasteiger partial charge in [0.1, 0.15) is 5.92 Å². The van der Waals surface area contributed by atoms with Gasteiger partial charge in [-0.3, -0.25) is 9.59 Å². The van der Waals surface area contributed by atoms with Crippen molar-refractivity contribution in [2.75, 3.05) is 27.2 Å². The molecule has 100 valence electrons. The van der Waals surface area contributed by atoms with Gasteiger partial charge in [0.25, 0.3) is 0 Å². The standard InChI is InChI=1S/C12H18N2O4/c1-14(2)6-5-13-11(15)9-7-3-4-8(18-7)10(9)12(16)17/h3-4,7-10H,5-6H2,1-2H3,(H,13,15)(H,16,17). The number of rotatable bonds is 5. The molecule has 6 heteroatoms. The van der Waals surface area contributed by atoms with E-state index in [0.717, 1.165) is 6.54 Å². The molecule has 4 atom stereocenters. The Bertz CT molecular complexity index is 380. The smallest absolute Gasteiger partial charge is 0.310 e. The fourth-order valence-electron chi connectivity index (χ4n) is 2.44. The summed E-state index contributed by atoms with van der Waals surface area (Å²) in [6.45, 7) is 1.23. The van der Waals surface area contributed by atoms with Crippen LogP contribution < -0.4 is 5.32 Å². The molecule has 0 aliphatic carbocycles. The van der Waals surface area contributed by atoms with Crippen LogP contribution in [0.3, 0.4) is 0 Å². The molecule has 2 heterocycles. The number of ether oxygens (including phenoxy) is 1. The maximum Gasteiger partial charge on any atom is 0.310 e. The molecule has 2 rings (SSSR count). The Kier molecular flexibility index (Phi) is 3.68. The number of aliphatic carboxylic acids is 1. The quantitative estimate of drug-likeness (QED) is 0.635. The van der Waals surface area contributed by atoms with Gasteiger partial charge < -0.3 is 20.1 Å². The number of fused-ring (bicyclic) bond motifs is 2. The van der Waals surface area contributed by atoms with Crippen molar-refractivity contribution in [1.29, 1.82) is 0 Å². The van der Waals surface area contributed by atoms with Crippen molar-refractivity contribution in [2.24, 2.45) is 11.8 Å². The third-order valence-electron chi connectivity index (χ3n) is 3.35. The molecule has 0 aromatic carbocycles. The van der Waals surface area contributed by atoms with Crippen LogP contribution in [0, 0.1) is 11.8 Å². The summed E-state index contributed by atoms with van der Waals surface area (Å²) >= 11 is 0. The second-order valence-corrected chi connectivity index (χ2v) is 4.93. The highest BCUT2D eigenvalue weighted by Gasteiger charge is 2.53. The molecule has 1 saturated heterocycles. The molecule has 0 aromatic rings. The molecule has 1 amide bonds. The van der Waals surface area contributed by atoms with E-state index in [2.05, 4.69) is 5.32 Å². The first-order chi connectivity index (χ1) is 8.50. The summed E-state index contributed by atoms with van der Waals surface area (Å²) in [5, 5.41) is 11.9. The van der Waals surface area contributed by atoms with Gasteiger partial charge in [0.05, 0.1) is 18.1 Å². The van der Waals surface area contributed by atoms with E-state index < -0.39 is 30.0 Å². The average Bonchev–Trinajstić information content (AvgIpc) is 2.87. The Morgan fingerprint density at radius 1 is 1.28 bits per heavy atom. The monoisotopic (exact) mass is 254 g/mol. The van der Waals surface area contributed by atoms with Gasteiger partial charge in [-0.15, -0.1) is 0 Å². The number of nitrogens with one attached hydrogen (secondary N) is 1. The molecule has 2 aliphatic rings. The summed E-state index contributed by atoms with van der Waals surface area (Å²) in [6, 6.07) is 0. The van der Waals surface area contributed by atoms with Crippen LogP contribution in [-0.4, -0.2) is 61.3 Å². The average molecular weight is 254 g/mol. The van der Waals surface area contributed by atoms with Gasteiger partial charge >= 0.3 is 5.97 Å². The van der Waals surface area contributed by atoms with E-state index in [1.165, 1.54) is 0 Å². The molecule has 18 heavy (non-hydrogen) atoms. The maximum absolute atomic E-state index is 12.0. The van der Waals surface area contributed by atoms with Gasteiger partial charge in [-0.05, 0) is 14.1 Å². The van der Waals surface area contributed by atoms with Crippen molar-refractivity contribution in [2.45, 2.75) is 12.2 Å². The fourth-order valence-corrected chi connectivity index (χ4v) is 2.44. The van der Waals surface area contributed by atoms with Crippen LogP contribution in [0.25, 0.3) is 0 Å². The highest BCUT2D eigenvalue weighted by atomic mass is 16.5. The van der Waals surface area contributed by atoms with E-state index in [9.17, 15) is 9.59 Å². The lowest BCUT2D eigenvalue weighted by atomic mass is 9.82. The number of amides is 1. The van der Waals surface area contributed by atoms with Gasteiger partial charge in [-0.1, -0.05) is 12.2 Å². The van der Waals surface area contributed by atoms with Crippen molar-refractivity contribution in [3.63, 3.8) is 0 Å². The van der Waals surface area contributed by atoms with E-state index in [1.54, 1.807) is 12.2 Å². The van der Waals surface area contributed by atoms with Crippen LogP contribution in [0.1, 0.15) is 0 Å². The van der Waals surface area contributed by atoms with Crippen LogP contribution in [-0.2, 0) is 14.3 Å². The van der Waals surface area contributed by atoms with Crippen LogP contribution in [0.4, 0.5) is 0 Å². The summed E-state index contributed by atoms with van der Waals surface area (Å²) in [5.74, 6) is -2.58. The van der Waals surface area contributed by atoms with Gasteiger partial charge in [0.2, 0.25) is 5.91 Å². The fraction of sp³-hybridized carbons (Fsp3) is 0.667. The molecular formula is C12H18N2O4. The van der Waals surface area contributed by atoms with Gasteiger partial charge in [-0.2, -0.15) is 0 Å². The first kappa shape index (κ1) is 13.0. The van der Waals surface area contributed by atoms with Gasteiger partial charge in [0.15, 0.2) is 0 Å². The Balaban J connectivity index is 1.96. The Hall–Kier alpha value is -1.40. The highest BCUT2D eigenvalue weighted by molar-refractivity contribution is 5.87. The third kappa shape index (κ3) is 2.39. The van der Waals surface area contributed by atoms with Crippen molar-refractivity contribution < 1.29 is 19.4 Å². The molecule has 2 bridgehead atoms. The Morgan fingerprint density at radius 3 is 2.44 bits per heavy atom. The lowest BCUT2D eigenvalue weighted by Crippen LogP contribution is -2.44. The molecule has 0 saturated carbocycles. The number of carboxylic acids is 1. The van der Waals surface area contributed by atoms with E-state index >= 15 is 0 Å². The zero-order chi connectivity index (χ0) is 13.3. The zero-order valence-electron chi connectivity index (χ0n) is 10.5. The largest absolute Gasteiger partial charge is 0.481 e. The number of hydrogen-bond acceptors (Lipinski definition) is 4. The first-order valence-corrected chi connectivity index (χ1v) is 5.99. The van der Waals surface area contributed by atoms with Crippen molar-refractivity contribution in [3.8, 4) is 0 Å². The molecule has 6 nitrogen and oxygen atoms in total. The minimum Gasteiger partial charge on any atom is -0.481 e. The molecule has 2 aliphatic heterocycles. The van der Waals surface area contributed by atoms with Gasteiger partial charge in [-0.25, -0.2) is 0 Å². The minimum absolute atomic E-state index is 0.235. The molecule has 1 fully saturated rings. The van der Waals surface area contributed by atoms with E-state index in [-0.39, 0.29) is 5.91 Å². The van der Waals surface area contributed by atoms with Crippen LogP contribution in [0.5, 0.6) is 0 Å². The molecule has 0 spiro atoms. The lowest BCUT2D eigenvalue weighted by Gasteiger charge is -2.21. The van der Waals surface area contributed by atoms with Crippen molar-refractivity contribution in [1.82, 2.24) is 10.2 Å². The summed E-state index contributed by atoms with van der Waals surface area (Å²) in [6.07, 6.45) is 2.65. The molecule has 2 N–H and O–H groups in total. The van der Waals surface area contributed by atoms with Gasteiger partial charge in [0, 0.05) is 13.1 Å². The van der Waals surface area contributed by atoms with Crippen LogP contribution in [0.15, 0.2) is 12.2 Å². The van der Waals surface area contributed by atoms with E-state index in [4.69, 9.17) is 9.84 Å². The summed E-state index contributed by atoms with van der Waals surface area (Å²) in [7, 11) is 3.82. The minimum atomic E-state index is -0.973. The lowest BCUT2D eigenvalue weighted by molar-refractivity contribution is -0.146. The number of nitrogens with zero attached hydrogens (tertiary/aromatic N) is 1. The first-order valence-electron chi connectivity index (χ1n) is 5.99. The third-order valence-corrected chi connectivity index (χ3v) is 3.35. The van der Waals surface area contributed by atoms with E-state index in [0.29, 0.717) is 6.54 Å². The SMILES string of the molecule is CN(C)CCNC(=O)C1C2C=CC(O2)C1C(=O)O. The summed E-state index contributed by atoms with van der Waals surface area (Å²) in [5.41, 5.74) is 0. The zero-order valence-corrected chi connectivity index (χ0v) is 10.5.